The quantitative estimate of drug-likeness (QED) is 0.461. The minimum atomic E-state index is -4.38. The lowest BCUT2D eigenvalue weighted by molar-refractivity contribution is -0.387. The van der Waals surface area contributed by atoms with Crippen molar-refractivity contribution >= 4 is 21.4 Å². The molecule has 0 fully saturated rings. The molecule has 8 nitrogen and oxygen atoms in total. The summed E-state index contributed by atoms with van der Waals surface area (Å²) in [5.74, 6) is -0.762. The van der Waals surface area contributed by atoms with Gasteiger partial charge in [0.25, 0.3) is 15.7 Å². The van der Waals surface area contributed by atoms with Crippen LogP contribution in [0.4, 0.5) is 5.69 Å². The number of benzene rings is 1. The number of hydrogen-bond acceptors (Lipinski definition) is 6. The first-order chi connectivity index (χ1) is 10.9. The maximum Gasteiger partial charge on any atom is 0.289 e. The Balaban J connectivity index is 2.60. The molecule has 0 bridgehead atoms. The molecule has 1 aromatic rings. The van der Waals surface area contributed by atoms with Gasteiger partial charge in [0.15, 0.2) is 4.90 Å². The molecule has 0 aromatic heterocycles. The van der Waals surface area contributed by atoms with Crippen LogP contribution in [0, 0.1) is 10.1 Å². The second kappa shape index (κ2) is 6.44. The first-order valence-corrected chi connectivity index (χ1v) is 7.69. The molecule has 0 saturated heterocycles. The van der Waals surface area contributed by atoms with Gasteiger partial charge in [-0.05, 0) is 19.3 Å². The maximum absolute atomic E-state index is 12.4. The normalized spacial score (nSPS) is 18.0. The Labute approximate surface area is 131 Å². The minimum absolute atomic E-state index is 0.0582. The average Bonchev–Trinajstić information content (AvgIpc) is 2.54. The van der Waals surface area contributed by atoms with E-state index < -0.39 is 31.5 Å². The van der Waals surface area contributed by atoms with Crippen LogP contribution in [0.25, 0.3) is 0 Å². The summed E-state index contributed by atoms with van der Waals surface area (Å²) in [5, 5.41) is 22.6. The van der Waals surface area contributed by atoms with Crippen molar-refractivity contribution in [3.8, 4) is 0 Å². The number of sulfonamides is 1. The Morgan fingerprint density at radius 2 is 1.87 bits per heavy atom. The second-order valence-electron chi connectivity index (χ2n) is 4.30. The predicted octanol–water partition coefficient (Wildman–Crippen LogP) is 1.07. The summed E-state index contributed by atoms with van der Waals surface area (Å²) in [4.78, 5) is 9.61. The Morgan fingerprint density at radius 3 is 2.52 bits per heavy atom. The van der Waals surface area contributed by atoms with Crippen molar-refractivity contribution in [3.05, 3.63) is 70.2 Å². The summed E-state index contributed by atoms with van der Waals surface area (Å²) in [7, 11) is -3.23. The van der Waals surface area contributed by atoms with Crippen LogP contribution in [0.1, 0.15) is 0 Å². The molecule has 1 aromatic carbocycles. The molecule has 0 atom stereocenters. The van der Waals surface area contributed by atoms with Crippen molar-refractivity contribution in [3.63, 3.8) is 0 Å². The molecule has 1 aliphatic carbocycles. The molecule has 0 aliphatic heterocycles. The van der Waals surface area contributed by atoms with E-state index in [1.807, 2.05) is 0 Å². The van der Waals surface area contributed by atoms with Crippen LogP contribution >= 0.6 is 0 Å². The highest BCUT2D eigenvalue weighted by Gasteiger charge is 2.25. The number of para-hydroxylation sites is 1. The van der Waals surface area contributed by atoms with Gasteiger partial charge in [-0.2, -0.15) is 12.8 Å². The molecule has 23 heavy (non-hydrogen) atoms. The van der Waals surface area contributed by atoms with Crippen molar-refractivity contribution in [2.75, 3.05) is 7.11 Å². The van der Waals surface area contributed by atoms with Gasteiger partial charge in [0.2, 0.25) is 0 Å². The maximum atomic E-state index is 12.4. The van der Waals surface area contributed by atoms with Crippen molar-refractivity contribution in [2.45, 2.75) is 4.90 Å². The van der Waals surface area contributed by atoms with E-state index in [0.717, 1.165) is 19.2 Å². The number of methoxy groups -OCH3 is 1. The van der Waals surface area contributed by atoms with Gasteiger partial charge in [-0.3, -0.25) is 10.1 Å². The Hall–Kier alpha value is -2.94. The average molecular weight is 335 g/mol. The molecule has 0 spiro atoms. The summed E-state index contributed by atoms with van der Waals surface area (Å²) in [6.45, 7) is 0. The van der Waals surface area contributed by atoms with Gasteiger partial charge in [-0.15, -0.1) is 0 Å². The second-order valence-corrected chi connectivity index (χ2v) is 5.87. The number of nitro groups is 1. The lowest BCUT2D eigenvalue weighted by Gasteiger charge is -2.15. The molecular formula is C14H11N2O6S-. The molecule has 0 heterocycles. The monoisotopic (exact) mass is 335 g/mol. The summed E-state index contributed by atoms with van der Waals surface area (Å²) < 4.78 is 32.8. The van der Waals surface area contributed by atoms with Gasteiger partial charge in [0.05, 0.1) is 16.6 Å². The molecule has 0 amide bonds. The Bertz CT molecular complexity index is 865. The Morgan fingerprint density at radius 1 is 1.22 bits per heavy atom. The number of ether oxygens (including phenoxy) is 1. The molecule has 0 radical (unpaired) electrons. The standard InChI is InChI=1S/C14H12N2O6S/c1-22-14(17)10-6-2-3-7-11(10)15-23(20,21)13-9-5-4-8-12(13)16(18)19/h2-9,17H,1H3/p-1. The van der Waals surface area contributed by atoms with Gasteiger partial charge >= 0.3 is 0 Å². The van der Waals surface area contributed by atoms with Crippen molar-refractivity contribution in [1.29, 1.82) is 0 Å². The zero-order valence-corrected chi connectivity index (χ0v) is 12.7. The molecule has 9 heteroatoms. The lowest BCUT2D eigenvalue weighted by atomic mass is 10.1. The van der Waals surface area contributed by atoms with Crippen LogP contribution in [-0.2, 0) is 14.8 Å². The fourth-order valence-electron chi connectivity index (χ4n) is 1.84. The van der Waals surface area contributed by atoms with Crippen molar-refractivity contribution in [2.24, 2.45) is 4.40 Å². The zero-order chi connectivity index (χ0) is 17.0. The van der Waals surface area contributed by atoms with E-state index in [1.165, 1.54) is 36.4 Å². The van der Waals surface area contributed by atoms with E-state index in [2.05, 4.69) is 9.13 Å². The topological polar surface area (TPSA) is 122 Å². The van der Waals surface area contributed by atoms with Crippen LogP contribution in [0.2, 0.25) is 0 Å². The van der Waals surface area contributed by atoms with E-state index in [-0.39, 0.29) is 11.3 Å². The van der Waals surface area contributed by atoms with Crippen LogP contribution in [0.5, 0.6) is 0 Å². The third-order valence-electron chi connectivity index (χ3n) is 2.87. The molecule has 0 N–H and O–H groups in total. The number of nitrogens with zero attached hydrogens (tertiary/aromatic N) is 2. The van der Waals surface area contributed by atoms with Gasteiger partial charge < -0.3 is 9.84 Å². The number of rotatable bonds is 4. The highest BCUT2D eigenvalue weighted by atomic mass is 32.2. The highest BCUT2D eigenvalue weighted by Crippen LogP contribution is 2.26. The van der Waals surface area contributed by atoms with E-state index in [1.54, 1.807) is 0 Å². The lowest BCUT2D eigenvalue weighted by Crippen LogP contribution is -2.16. The van der Waals surface area contributed by atoms with Crippen molar-refractivity contribution < 1.29 is 23.2 Å². The molecule has 2 rings (SSSR count). The van der Waals surface area contributed by atoms with E-state index >= 15 is 0 Å². The van der Waals surface area contributed by atoms with E-state index in [4.69, 9.17) is 0 Å². The molecular weight excluding hydrogens is 324 g/mol. The Kier molecular flexibility index (Phi) is 4.60. The van der Waals surface area contributed by atoms with Gasteiger partial charge in [0, 0.05) is 11.6 Å². The minimum Gasteiger partial charge on any atom is -0.616 e. The zero-order valence-electron chi connectivity index (χ0n) is 11.9. The number of allylic oxidation sites excluding steroid dienone is 5. The van der Waals surface area contributed by atoms with Gasteiger partial charge in [0.1, 0.15) is 0 Å². The smallest absolute Gasteiger partial charge is 0.289 e. The predicted molar refractivity (Wildman–Crippen MR) is 80.0 cm³/mol. The molecule has 0 saturated carbocycles. The third kappa shape index (κ3) is 3.46. The largest absolute Gasteiger partial charge is 0.616 e. The van der Waals surface area contributed by atoms with Crippen molar-refractivity contribution in [1.82, 2.24) is 0 Å². The van der Waals surface area contributed by atoms with Crippen LogP contribution in [0.15, 0.2) is 69.4 Å². The molecule has 0 unspecified atom stereocenters. The van der Waals surface area contributed by atoms with Crippen LogP contribution in [-0.4, -0.2) is 26.2 Å². The molecule has 1 aliphatic rings. The first kappa shape index (κ1) is 16.4. The van der Waals surface area contributed by atoms with Gasteiger partial charge in [-0.1, -0.05) is 30.4 Å². The first-order valence-electron chi connectivity index (χ1n) is 6.25. The van der Waals surface area contributed by atoms with E-state index in [9.17, 15) is 23.6 Å². The van der Waals surface area contributed by atoms with Crippen LogP contribution in [0.3, 0.4) is 0 Å². The fourth-order valence-corrected chi connectivity index (χ4v) is 3.01. The summed E-state index contributed by atoms with van der Waals surface area (Å²) >= 11 is 0. The third-order valence-corrected chi connectivity index (χ3v) is 4.21. The van der Waals surface area contributed by atoms with Gasteiger partial charge in [-0.25, -0.2) is 0 Å². The fraction of sp³-hybridized carbons (Fsp3) is 0.0714. The van der Waals surface area contributed by atoms with Crippen LogP contribution < -0.4 is 5.11 Å². The highest BCUT2D eigenvalue weighted by molar-refractivity contribution is 7.90. The van der Waals surface area contributed by atoms with E-state index in [0.29, 0.717) is 0 Å². The summed E-state index contributed by atoms with van der Waals surface area (Å²) in [5.41, 5.74) is -0.804. The number of nitro benzene ring substituents is 1. The number of hydrogen-bond donors (Lipinski definition) is 0. The molecule has 120 valence electrons. The summed E-state index contributed by atoms with van der Waals surface area (Å²) in [6, 6.07) is 4.84. The SMILES string of the molecule is COC([O-])=C1C=CC=CC1=NS(=O)(=O)c1ccccc1[N+](=O)[O-]. The summed E-state index contributed by atoms with van der Waals surface area (Å²) in [6.07, 6.45) is 5.65.